The van der Waals surface area contributed by atoms with Crippen LogP contribution in [0.5, 0.6) is 5.75 Å². The van der Waals surface area contributed by atoms with Gasteiger partial charge in [-0.15, -0.1) is 0 Å². The van der Waals surface area contributed by atoms with Crippen molar-refractivity contribution in [2.45, 2.75) is 49.0 Å². The Morgan fingerprint density at radius 3 is 2.21 bits per heavy atom. The third-order valence-electron chi connectivity index (χ3n) is 7.18. The summed E-state index contributed by atoms with van der Waals surface area (Å²) in [6.45, 7) is 0. The third-order valence-corrected chi connectivity index (χ3v) is 8.98. The van der Waals surface area contributed by atoms with E-state index in [0.29, 0.717) is 36.7 Å². The van der Waals surface area contributed by atoms with Crippen molar-refractivity contribution in [3.8, 4) is 5.75 Å². The van der Waals surface area contributed by atoms with Crippen LogP contribution in [0.4, 0.5) is 0 Å². The lowest BCUT2D eigenvalue weighted by Gasteiger charge is -2.59. The third kappa shape index (κ3) is 4.30. The summed E-state index contributed by atoms with van der Waals surface area (Å²) in [7, 11) is -4.32. The van der Waals surface area contributed by atoms with Gasteiger partial charge >= 0.3 is 11.9 Å². The Morgan fingerprint density at radius 1 is 0.970 bits per heavy atom. The van der Waals surface area contributed by atoms with Crippen LogP contribution in [0.1, 0.15) is 48.9 Å². The van der Waals surface area contributed by atoms with Crippen molar-refractivity contribution in [2.75, 3.05) is 0 Å². The smallest absolute Gasteiger partial charge is 0.339 e. The molecule has 6 rings (SSSR count). The van der Waals surface area contributed by atoms with Gasteiger partial charge in [-0.3, -0.25) is 9.35 Å². The average Bonchev–Trinajstić information content (AvgIpc) is 2.72. The van der Waals surface area contributed by atoms with Crippen LogP contribution in [-0.4, -0.2) is 30.5 Å². The van der Waals surface area contributed by atoms with E-state index < -0.39 is 21.1 Å². The van der Waals surface area contributed by atoms with Gasteiger partial charge in [0.15, 0.2) is 0 Å². The van der Waals surface area contributed by atoms with Crippen molar-refractivity contribution in [2.24, 2.45) is 17.3 Å². The van der Waals surface area contributed by atoms with Crippen molar-refractivity contribution in [3.63, 3.8) is 0 Å². The highest BCUT2D eigenvalue weighted by Crippen LogP contribution is 2.63. The molecule has 9 heteroatoms. The van der Waals surface area contributed by atoms with Gasteiger partial charge in [0.1, 0.15) is 11.4 Å². The monoisotopic (exact) mass is 582 g/mol. The topological polar surface area (TPSA) is 107 Å². The average molecular weight is 582 g/mol. The Balaban J connectivity index is 1.37. The first-order valence-electron chi connectivity index (χ1n) is 10.9. The predicted molar refractivity (Wildman–Crippen MR) is 126 cm³/mol. The van der Waals surface area contributed by atoms with E-state index in [4.69, 9.17) is 14.0 Å². The summed E-state index contributed by atoms with van der Waals surface area (Å²) in [5, 5.41) is 0. The minimum atomic E-state index is -4.32. The van der Waals surface area contributed by atoms with Crippen molar-refractivity contribution < 1.29 is 32.0 Å². The Bertz CT molecular complexity index is 1210. The highest BCUT2D eigenvalue weighted by atomic mass is 127. The fourth-order valence-corrected chi connectivity index (χ4v) is 7.40. The van der Waals surface area contributed by atoms with Gasteiger partial charge in [0.2, 0.25) is 0 Å². The molecule has 0 spiro atoms. The summed E-state index contributed by atoms with van der Waals surface area (Å²) >= 11 is 2.12. The van der Waals surface area contributed by atoms with Gasteiger partial charge < -0.3 is 9.47 Å². The maximum Gasteiger partial charge on any atom is 0.339 e. The first kappa shape index (κ1) is 22.8. The minimum absolute atomic E-state index is 0.216. The Labute approximate surface area is 205 Å². The summed E-state index contributed by atoms with van der Waals surface area (Å²) in [5.41, 5.74) is -0.867. The maximum atomic E-state index is 13.4. The Morgan fingerprint density at radius 2 is 1.61 bits per heavy atom. The van der Waals surface area contributed by atoms with Crippen molar-refractivity contribution in [3.05, 3.63) is 57.7 Å². The van der Waals surface area contributed by atoms with E-state index in [9.17, 15) is 18.0 Å². The zero-order valence-electron chi connectivity index (χ0n) is 17.7. The molecule has 0 saturated heterocycles. The van der Waals surface area contributed by atoms with Crippen LogP contribution < -0.4 is 4.74 Å². The first-order valence-corrected chi connectivity index (χ1v) is 13.4. The summed E-state index contributed by atoms with van der Waals surface area (Å²) < 4.78 is 44.3. The molecular formula is C24H23IO7S. The van der Waals surface area contributed by atoms with Crippen LogP contribution in [0, 0.1) is 20.8 Å². The molecule has 0 amide bonds. The second kappa shape index (κ2) is 8.06. The summed E-state index contributed by atoms with van der Waals surface area (Å²) in [6, 6.07) is 12.4. The summed E-state index contributed by atoms with van der Waals surface area (Å²) in [4.78, 5) is 26.1. The second-order valence-electron chi connectivity index (χ2n) is 9.63. The molecule has 4 aliphatic rings. The number of esters is 2. The molecule has 4 aliphatic carbocycles. The molecule has 2 aromatic carbocycles. The number of carbonyl (C=O) groups is 2. The van der Waals surface area contributed by atoms with Gasteiger partial charge in [0.25, 0.3) is 10.1 Å². The fraction of sp³-hybridized carbons (Fsp3) is 0.417. The van der Waals surface area contributed by atoms with E-state index in [2.05, 4.69) is 22.6 Å². The molecule has 33 heavy (non-hydrogen) atoms. The quantitative estimate of drug-likeness (QED) is 0.237. The highest BCUT2D eigenvalue weighted by molar-refractivity contribution is 14.1. The van der Waals surface area contributed by atoms with Crippen LogP contribution >= 0.6 is 22.6 Å². The SMILES string of the molecule is O=C(OC12CC3CC(C1)CC(C(=O)Oc1ccc(S(=O)(=O)O)cc1)(C3)C2)c1ccccc1I. The summed E-state index contributed by atoms with van der Waals surface area (Å²) in [5.74, 6) is 0.0805. The molecule has 4 saturated carbocycles. The van der Waals surface area contributed by atoms with Gasteiger partial charge in [-0.25, -0.2) is 4.79 Å². The lowest BCUT2D eigenvalue weighted by molar-refractivity contribution is -0.189. The number of hydrogen-bond acceptors (Lipinski definition) is 6. The van der Waals surface area contributed by atoms with Crippen molar-refractivity contribution >= 4 is 44.6 Å². The Kier molecular flexibility index (Phi) is 5.56. The number of halogens is 1. The molecule has 7 nitrogen and oxygen atoms in total. The van der Waals surface area contributed by atoms with E-state index in [0.717, 1.165) is 22.8 Å². The largest absolute Gasteiger partial charge is 0.455 e. The molecule has 0 aromatic heterocycles. The zero-order chi connectivity index (χ0) is 23.4. The predicted octanol–water partition coefficient (Wildman–Crippen LogP) is 4.64. The van der Waals surface area contributed by atoms with Crippen LogP contribution in [-0.2, 0) is 19.6 Å². The number of ether oxygens (including phenoxy) is 2. The molecule has 0 aliphatic heterocycles. The van der Waals surface area contributed by atoms with Crippen LogP contribution in [0.3, 0.4) is 0 Å². The van der Waals surface area contributed by atoms with E-state index in [1.54, 1.807) is 6.07 Å². The second-order valence-corrected chi connectivity index (χ2v) is 12.2. The molecule has 2 unspecified atom stereocenters. The molecule has 2 atom stereocenters. The number of rotatable bonds is 5. The number of benzene rings is 2. The van der Waals surface area contributed by atoms with E-state index in [1.165, 1.54) is 24.3 Å². The molecule has 0 radical (unpaired) electrons. The van der Waals surface area contributed by atoms with E-state index in [1.807, 2.05) is 18.2 Å². The fourth-order valence-electron chi connectivity index (χ4n) is 6.31. The highest BCUT2D eigenvalue weighted by Gasteiger charge is 2.63. The molecular weight excluding hydrogens is 559 g/mol. The standard InChI is InChI=1S/C24H23IO7S/c25-20-4-2-1-3-19(20)21(26)32-24-12-15-9-16(13-24)11-23(10-15,14-24)22(27)31-17-5-7-18(8-6-17)33(28,29)30/h1-8,15-16H,9-14H2,(H,28,29,30). The minimum Gasteiger partial charge on any atom is -0.455 e. The van der Waals surface area contributed by atoms with Gasteiger partial charge in [0, 0.05) is 9.99 Å². The van der Waals surface area contributed by atoms with Crippen LogP contribution in [0.2, 0.25) is 0 Å². The normalized spacial score (nSPS) is 30.1. The number of carbonyl (C=O) groups excluding carboxylic acids is 2. The Hall–Kier alpha value is -1.98. The van der Waals surface area contributed by atoms with Crippen molar-refractivity contribution in [1.29, 1.82) is 0 Å². The lowest BCUT2D eigenvalue weighted by Crippen LogP contribution is -2.60. The summed E-state index contributed by atoms with van der Waals surface area (Å²) in [6.07, 6.45) is 4.39. The molecule has 2 aromatic rings. The molecule has 1 N–H and O–H groups in total. The van der Waals surface area contributed by atoms with Gasteiger partial charge in [0.05, 0.1) is 15.9 Å². The molecule has 4 fully saturated rings. The van der Waals surface area contributed by atoms with Crippen LogP contribution in [0.15, 0.2) is 53.4 Å². The van der Waals surface area contributed by atoms with Gasteiger partial charge in [-0.2, -0.15) is 8.42 Å². The van der Waals surface area contributed by atoms with Crippen molar-refractivity contribution in [1.82, 2.24) is 0 Å². The molecule has 174 valence electrons. The molecule has 0 heterocycles. The number of hydrogen-bond donors (Lipinski definition) is 1. The van der Waals surface area contributed by atoms with Gasteiger partial charge in [-0.05, 0) is 103 Å². The lowest BCUT2D eigenvalue weighted by atomic mass is 9.48. The molecule has 4 bridgehead atoms. The maximum absolute atomic E-state index is 13.4. The van der Waals surface area contributed by atoms with E-state index >= 15 is 0 Å². The van der Waals surface area contributed by atoms with E-state index in [-0.39, 0.29) is 22.6 Å². The van der Waals surface area contributed by atoms with Crippen LogP contribution in [0.25, 0.3) is 0 Å². The zero-order valence-corrected chi connectivity index (χ0v) is 20.7. The van der Waals surface area contributed by atoms with Gasteiger partial charge in [-0.1, -0.05) is 12.1 Å². The first-order chi connectivity index (χ1) is 15.6.